The summed E-state index contributed by atoms with van der Waals surface area (Å²) < 4.78 is 0. The molecule has 1 fully saturated rings. The first-order valence-corrected chi connectivity index (χ1v) is 10.5. The fourth-order valence-electron chi connectivity index (χ4n) is 3.50. The van der Waals surface area contributed by atoms with E-state index in [0.29, 0.717) is 17.9 Å². The number of nitrogens with zero attached hydrogens (tertiary/aromatic N) is 2. The Hall–Kier alpha value is -3.45. The monoisotopic (exact) mass is 438 g/mol. The van der Waals surface area contributed by atoms with Crippen LogP contribution in [-0.4, -0.2) is 60.0 Å². The maximum atomic E-state index is 12.7. The second kappa shape index (κ2) is 12.4. The van der Waals surface area contributed by atoms with Gasteiger partial charge in [-0.15, -0.1) is 0 Å². The van der Waals surface area contributed by atoms with Crippen LogP contribution in [0.25, 0.3) is 0 Å². The van der Waals surface area contributed by atoms with Crippen LogP contribution in [0.3, 0.4) is 0 Å². The number of ketones is 1. The molecule has 2 aromatic rings. The number of benzene rings is 2. The van der Waals surface area contributed by atoms with Crippen LogP contribution in [0.15, 0.2) is 66.7 Å². The molecule has 32 heavy (non-hydrogen) atoms. The predicted octanol–water partition coefficient (Wildman–Crippen LogP) is 3.56. The summed E-state index contributed by atoms with van der Waals surface area (Å²) in [7, 11) is 4.03. The fourth-order valence-corrected chi connectivity index (χ4v) is 3.50. The van der Waals surface area contributed by atoms with Crippen LogP contribution in [0.2, 0.25) is 0 Å². The lowest BCUT2D eigenvalue weighted by atomic mass is 9.88. The number of carbonyl (C=O) groups excluding carboxylic acids is 1. The molecule has 170 valence electrons. The third-order valence-electron chi connectivity index (χ3n) is 5.24. The third-order valence-corrected chi connectivity index (χ3v) is 5.24. The number of Topliss-reactive ketones (excluding diaryl/α,β-unsaturated/α-hetero) is 1. The maximum absolute atomic E-state index is 12.7. The molecule has 0 bridgehead atoms. The average Bonchev–Trinajstić information content (AvgIpc) is 2.79. The Bertz CT molecular complexity index is 899. The quantitative estimate of drug-likeness (QED) is 0.504. The lowest BCUT2D eigenvalue weighted by molar-refractivity contribution is -0.134. The number of anilines is 1. The number of piperidine rings is 1. The van der Waals surface area contributed by atoms with E-state index in [1.165, 1.54) is 5.56 Å². The van der Waals surface area contributed by atoms with Gasteiger partial charge in [-0.1, -0.05) is 30.3 Å². The van der Waals surface area contributed by atoms with Gasteiger partial charge in [-0.2, -0.15) is 0 Å². The van der Waals surface area contributed by atoms with Crippen LogP contribution in [0, 0.1) is 5.92 Å². The Morgan fingerprint density at radius 2 is 1.44 bits per heavy atom. The fraction of sp³-hybridized carbons (Fsp3) is 0.320. The molecule has 0 unspecified atom stereocenters. The molecular weight excluding hydrogens is 408 g/mol. The van der Waals surface area contributed by atoms with Crippen molar-refractivity contribution < 1.29 is 24.6 Å². The van der Waals surface area contributed by atoms with Crippen LogP contribution in [-0.2, 0) is 16.1 Å². The van der Waals surface area contributed by atoms with Gasteiger partial charge in [0.1, 0.15) is 0 Å². The van der Waals surface area contributed by atoms with Crippen molar-refractivity contribution in [3.8, 4) is 0 Å². The predicted molar refractivity (Wildman–Crippen MR) is 124 cm³/mol. The van der Waals surface area contributed by atoms with E-state index in [4.69, 9.17) is 10.2 Å². The highest BCUT2D eigenvalue weighted by molar-refractivity contribution is 5.98. The molecule has 0 amide bonds. The smallest absolute Gasteiger partial charge is 0.328 e. The molecule has 1 aliphatic rings. The topological polar surface area (TPSA) is 98.2 Å². The lowest BCUT2D eigenvalue weighted by Crippen LogP contribution is -2.35. The van der Waals surface area contributed by atoms with E-state index in [-0.39, 0.29) is 5.92 Å². The zero-order valence-electron chi connectivity index (χ0n) is 18.5. The largest absolute Gasteiger partial charge is 0.478 e. The summed E-state index contributed by atoms with van der Waals surface area (Å²) in [6.45, 7) is 2.99. The lowest BCUT2D eigenvalue weighted by Gasteiger charge is -2.31. The summed E-state index contributed by atoms with van der Waals surface area (Å²) in [5, 5.41) is 15.6. The number of rotatable bonds is 7. The number of carboxylic acids is 2. The average molecular weight is 439 g/mol. The summed E-state index contributed by atoms with van der Waals surface area (Å²) in [6.07, 6.45) is 3.03. The van der Waals surface area contributed by atoms with Gasteiger partial charge >= 0.3 is 11.9 Å². The molecule has 1 saturated heterocycles. The highest BCUT2D eigenvalue weighted by Gasteiger charge is 2.25. The highest BCUT2D eigenvalue weighted by atomic mass is 16.4. The summed E-state index contributed by atoms with van der Waals surface area (Å²) in [5.41, 5.74) is 3.33. The van der Waals surface area contributed by atoms with Crippen molar-refractivity contribution in [2.24, 2.45) is 5.92 Å². The first-order chi connectivity index (χ1) is 15.3. The minimum Gasteiger partial charge on any atom is -0.478 e. The van der Waals surface area contributed by atoms with E-state index in [0.717, 1.165) is 43.7 Å². The Labute approximate surface area is 188 Å². The molecule has 1 heterocycles. The summed E-state index contributed by atoms with van der Waals surface area (Å²) >= 11 is 0. The second-order valence-electron chi connectivity index (χ2n) is 7.85. The number of carbonyl (C=O) groups is 3. The van der Waals surface area contributed by atoms with Crippen LogP contribution in [0.1, 0.15) is 28.8 Å². The number of likely N-dealkylation sites (tertiary alicyclic amines) is 1. The molecule has 0 saturated carbocycles. The van der Waals surface area contributed by atoms with Gasteiger partial charge in [0, 0.05) is 50.0 Å². The molecule has 2 N–H and O–H groups in total. The molecule has 2 aromatic carbocycles. The Kier molecular flexibility index (Phi) is 9.63. The zero-order valence-corrected chi connectivity index (χ0v) is 18.5. The first-order valence-electron chi connectivity index (χ1n) is 10.5. The van der Waals surface area contributed by atoms with E-state index in [1.54, 1.807) is 0 Å². The molecular formula is C25H30N2O5. The van der Waals surface area contributed by atoms with E-state index >= 15 is 0 Å². The number of hydrogen-bond acceptors (Lipinski definition) is 5. The van der Waals surface area contributed by atoms with Crippen molar-refractivity contribution in [2.45, 2.75) is 19.4 Å². The van der Waals surface area contributed by atoms with Crippen LogP contribution < -0.4 is 4.90 Å². The molecule has 3 rings (SSSR count). The van der Waals surface area contributed by atoms with Gasteiger partial charge in [0.25, 0.3) is 0 Å². The number of aliphatic carboxylic acids is 2. The van der Waals surface area contributed by atoms with E-state index in [2.05, 4.69) is 40.1 Å². The van der Waals surface area contributed by atoms with Gasteiger partial charge in [0.05, 0.1) is 0 Å². The van der Waals surface area contributed by atoms with Crippen molar-refractivity contribution in [3.63, 3.8) is 0 Å². The van der Waals surface area contributed by atoms with Crippen LogP contribution >= 0.6 is 0 Å². The normalized spacial score (nSPS) is 14.4. The molecule has 0 aromatic heterocycles. The standard InChI is InChI=1S/C21H26N2O.C4H4O4/c1-22(2)20-10-8-18(9-11-20)21(24)19-12-14-23(15-13-19)16-17-6-4-3-5-7-17;5-3(6)1-2-4(7)8/h3-11,19H,12-16H2,1-2H3;1-2H,(H,5,6)(H,7,8)/b;2-1+. The van der Waals surface area contributed by atoms with Gasteiger partial charge in [-0.05, 0) is 55.8 Å². The minimum absolute atomic E-state index is 0.169. The summed E-state index contributed by atoms with van der Waals surface area (Å²) in [5.74, 6) is -2.04. The van der Waals surface area contributed by atoms with Crippen molar-refractivity contribution in [1.29, 1.82) is 0 Å². The van der Waals surface area contributed by atoms with Crippen LogP contribution in [0.5, 0.6) is 0 Å². The molecule has 0 atom stereocenters. The van der Waals surface area contributed by atoms with Crippen molar-refractivity contribution in [2.75, 3.05) is 32.1 Å². The Morgan fingerprint density at radius 3 is 1.91 bits per heavy atom. The highest BCUT2D eigenvalue weighted by Crippen LogP contribution is 2.24. The molecule has 7 nitrogen and oxygen atoms in total. The first kappa shape index (κ1) is 24.8. The molecule has 0 spiro atoms. The van der Waals surface area contributed by atoms with Gasteiger partial charge in [0.2, 0.25) is 0 Å². The Balaban J connectivity index is 0.000000390. The van der Waals surface area contributed by atoms with Gasteiger partial charge in [-0.25, -0.2) is 9.59 Å². The summed E-state index contributed by atoms with van der Waals surface area (Å²) in [4.78, 5) is 36.3. The molecule has 0 radical (unpaired) electrons. The summed E-state index contributed by atoms with van der Waals surface area (Å²) in [6, 6.07) is 18.5. The Morgan fingerprint density at radius 1 is 0.906 bits per heavy atom. The molecule has 1 aliphatic heterocycles. The third kappa shape index (κ3) is 8.35. The van der Waals surface area contributed by atoms with E-state index in [1.807, 2.05) is 38.4 Å². The second-order valence-corrected chi connectivity index (χ2v) is 7.85. The van der Waals surface area contributed by atoms with Gasteiger partial charge in [-0.3, -0.25) is 9.69 Å². The van der Waals surface area contributed by atoms with Crippen molar-refractivity contribution in [3.05, 3.63) is 77.9 Å². The molecule has 7 heteroatoms. The van der Waals surface area contributed by atoms with Crippen molar-refractivity contribution >= 4 is 23.4 Å². The minimum atomic E-state index is -1.26. The molecule has 0 aliphatic carbocycles. The van der Waals surface area contributed by atoms with Crippen LogP contribution in [0.4, 0.5) is 5.69 Å². The van der Waals surface area contributed by atoms with Crippen molar-refractivity contribution in [1.82, 2.24) is 4.90 Å². The van der Waals surface area contributed by atoms with E-state index < -0.39 is 11.9 Å². The zero-order chi connectivity index (χ0) is 23.5. The maximum Gasteiger partial charge on any atom is 0.328 e. The number of carboxylic acid groups (broad SMARTS) is 2. The SMILES string of the molecule is CN(C)c1ccc(C(=O)C2CCN(Cc3ccccc3)CC2)cc1.O=C(O)/C=C/C(=O)O. The van der Waals surface area contributed by atoms with Gasteiger partial charge < -0.3 is 15.1 Å². The van der Waals surface area contributed by atoms with E-state index in [9.17, 15) is 14.4 Å². The van der Waals surface area contributed by atoms with Gasteiger partial charge in [0.15, 0.2) is 5.78 Å². The number of hydrogen-bond donors (Lipinski definition) is 2.